The Labute approximate surface area is 141 Å². The zero-order valence-electron chi connectivity index (χ0n) is 13.9. The quantitative estimate of drug-likeness (QED) is 0.788. The molecule has 0 aliphatic carbocycles. The number of rotatable bonds is 4. The van der Waals surface area contributed by atoms with Crippen molar-refractivity contribution in [3.8, 4) is 34.5 Å². The normalized spacial score (nSPS) is 10.6. The summed E-state index contributed by atoms with van der Waals surface area (Å²) < 4.78 is 5.44. The lowest BCUT2D eigenvalue weighted by Crippen LogP contribution is -1.99. The maximum atomic E-state index is 9.95. The van der Waals surface area contributed by atoms with E-state index in [0.29, 0.717) is 18.3 Å². The Hall–Kier alpha value is -2.95. The van der Waals surface area contributed by atoms with Crippen LogP contribution in [0.5, 0.6) is 11.8 Å². The second kappa shape index (κ2) is 6.66. The fraction of sp³-hybridized carbons (Fsp3) is 0.211. The monoisotopic (exact) mass is 321 g/mol. The molecule has 1 heterocycles. The van der Waals surface area contributed by atoms with Crippen LogP contribution in [0.3, 0.4) is 0 Å². The lowest BCUT2D eigenvalue weighted by Gasteiger charge is -2.10. The highest BCUT2D eigenvalue weighted by Gasteiger charge is 2.13. The summed E-state index contributed by atoms with van der Waals surface area (Å²) in [5.74, 6) is 1.69. The zero-order valence-corrected chi connectivity index (χ0v) is 13.9. The molecule has 1 aromatic heterocycles. The van der Waals surface area contributed by atoms with Crippen molar-refractivity contribution in [1.82, 2.24) is 15.0 Å². The smallest absolute Gasteiger partial charge is 0.318 e. The van der Waals surface area contributed by atoms with Gasteiger partial charge in [0.05, 0.1) is 6.61 Å². The molecule has 0 aliphatic rings. The third-order valence-corrected chi connectivity index (χ3v) is 3.75. The van der Waals surface area contributed by atoms with E-state index in [1.54, 1.807) is 0 Å². The second-order valence-corrected chi connectivity index (χ2v) is 5.51. The molecule has 0 spiro atoms. The summed E-state index contributed by atoms with van der Waals surface area (Å²) in [6.45, 7) is 6.55. The minimum Gasteiger partial charge on any atom is -0.494 e. The molecule has 0 atom stereocenters. The van der Waals surface area contributed by atoms with Crippen molar-refractivity contribution in [3.63, 3.8) is 0 Å². The number of aromatic hydroxyl groups is 1. The molecule has 0 saturated carbocycles. The Bertz CT molecular complexity index is 841. The molecule has 0 radical (unpaired) electrons. The Morgan fingerprint density at radius 2 is 1.50 bits per heavy atom. The molecule has 24 heavy (non-hydrogen) atoms. The number of hydrogen-bond donors (Lipinski definition) is 1. The van der Waals surface area contributed by atoms with Gasteiger partial charge in [0.1, 0.15) is 5.75 Å². The Kier molecular flexibility index (Phi) is 4.42. The van der Waals surface area contributed by atoms with Crippen LogP contribution in [-0.4, -0.2) is 26.7 Å². The number of nitrogens with zero attached hydrogens (tertiary/aromatic N) is 3. The zero-order chi connectivity index (χ0) is 17.1. The predicted octanol–water partition coefficient (Wildman–Crippen LogP) is 3.93. The Balaban J connectivity index is 2.06. The van der Waals surface area contributed by atoms with Gasteiger partial charge in [-0.2, -0.15) is 9.97 Å². The van der Waals surface area contributed by atoms with Crippen molar-refractivity contribution >= 4 is 0 Å². The van der Waals surface area contributed by atoms with Gasteiger partial charge in [0.2, 0.25) is 0 Å². The Morgan fingerprint density at radius 3 is 2.12 bits per heavy atom. The molecule has 1 N–H and O–H groups in total. The van der Waals surface area contributed by atoms with Crippen LogP contribution >= 0.6 is 0 Å². The van der Waals surface area contributed by atoms with Crippen molar-refractivity contribution < 1.29 is 9.84 Å². The van der Waals surface area contributed by atoms with Crippen molar-refractivity contribution in [2.75, 3.05) is 6.61 Å². The number of benzene rings is 2. The van der Waals surface area contributed by atoms with E-state index in [-0.39, 0.29) is 6.01 Å². The summed E-state index contributed by atoms with van der Waals surface area (Å²) in [5, 5.41) is 9.95. The van der Waals surface area contributed by atoms with Crippen LogP contribution in [0.1, 0.15) is 18.1 Å². The van der Waals surface area contributed by atoms with E-state index in [0.717, 1.165) is 28.0 Å². The van der Waals surface area contributed by atoms with E-state index in [9.17, 15) is 5.11 Å². The Morgan fingerprint density at radius 1 is 0.875 bits per heavy atom. The average molecular weight is 321 g/mol. The van der Waals surface area contributed by atoms with Gasteiger partial charge < -0.3 is 9.84 Å². The maximum Gasteiger partial charge on any atom is 0.318 e. The summed E-state index contributed by atoms with van der Waals surface area (Å²) in [6, 6.07) is 13.2. The van der Waals surface area contributed by atoms with Crippen molar-refractivity contribution in [2.45, 2.75) is 20.8 Å². The van der Waals surface area contributed by atoms with Crippen molar-refractivity contribution in [3.05, 3.63) is 53.6 Å². The first-order valence-corrected chi connectivity index (χ1v) is 7.83. The fourth-order valence-electron chi connectivity index (χ4n) is 2.64. The van der Waals surface area contributed by atoms with Crippen LogP contribution < -0.4 is 4.74 Å². The summed E-state index contributed by atoms with van der Waals surface area (Å²) in [4.78, 5) is 12.7. The van der Waals surface area contributed by atoms with Crippen LogP contribution in [0.15, 0.2) is 42.5 Å². The fourth-order valence-corrected chi connectivity index (χ4v) is 2.64. The van der Waals surface area contributed by atoms with Gasteiger partial charge in [-0.25, -0.2) is 4.98 Å². The van der Waals surface area contributed by atoms with Crippen molar-refractivity contribution in [1.29, 1.82) is 0 Å². The first-order chi connectivity index (χ1) is 11.6. The highest BCUT2D eigenvalue weighted by atomic mass is 16.5. The van der Waals surface area contributed by atoms with Gasteiger partial charge in [0.15, 0.2) is 11.6 Å². The predicted molar refractivity (Wildman–Crippen MR) is 93.0 cm³/mol. The molecule has 0 bridgehead atoms. The minimum absolute atomic E-state index is 0.286. The molecule has 0 unspecified atom stereocenters. The summed E-state index contributed by atoms with van der Waals surface area (Å²) in [7, 11) is 0. The third kappa shape index (κ3) is 3.20. The maximum absolute atomic E-state index is 9.95. The molecule has 0 fully saturated rings. The van der Waals surface area contributed by atoms with E-state index in [2.05, 4.69) is 15.0 Å². The SMILES string of the molecule is CCOc1ccc(-c2nc(O)nc(-c3c(C)cccc3C)n2)cc1. The first kappa shape index (κ1) is 15.9. The van der Waals surface area contributed by atoms with Gasteiger partial charge in [0.25, 0.3) is 0 Å². The van der Waals surface area contributed by atoms with E-state index >= 15 is 0 Å². The third-order valence-electron chi connectivity index (χ3n) is 3.75. The lowest BCUT2D eigenvalue weighted by atomic mass is 10.0. The van der Waals surface area contributed by atoms with Crippen molar-refractivity contribution in [2.24, 2.45) is 0 Å². The highest BCUT2D eigenvalue weighted by Crippen LogP contribution is 2.27. The van der Waals surface area contributed by atoms with Gasteiger partial charge >= 0.3 is 6.01 Å². The van der Waals surface area contributed by atoms with Gasteiger partial charge in [-0.15, -0.1) is 0 Å². The van der Waals surface area contributed by atoms with Crippen LogP contribution in [0, 0.1) is 13.8 Å². The van der Waals surface area contributed by atoms with Gasteiger partial charge in [-0.3, -0.25) is 0 Å². The first-order valence-electron chi connectivity index (χ1n) is 7.83. The van der Waals surface area contributed by atoms with Crippen LogP contribution in [0.4, 0.5) is 0 Å². The molecule has 0 amide bonds. The van der Waals surface area contributed by atoms with Crippen LogP contribution in [0.2, 0.25) is 0 Å². The topological polar surface area (TPSA) is 68.1 Å². The van der Waals surface area contributed by atoms with E-state index < -0.39 is 0 Å². The minimum atomic E-state index is -0.286. The molecule has 122 valence electrons. The van der Waals surface area contributed by atoms with Gasteiger partial charge in [-0.1, -0.05) is 18.2 Å². The van der Waals surface area contributed by atoms with E-state index in [4.69, 9.17) is 4.74 Å². The molecule has 5 heteroatoms. The van der Waals surface area contributed by atoms with E-state index in [1.165, 1.54) is 0 Å². The second-order valence-electron chi connectivity index (χ2n) is 5.51. The van der Waals surface area contributed by atoms with Gasteiger partial charge in [-0.05, 0) is 56.2 Å². The largest absolute Gasteiger partial charge is 0.494 e. The molecule has 0 saturated heterocycles. The molecule has 2 aromatic carbocycles. The molecular formula is C19H19N3O2. The van der Waals surface area contributed by atoms with Gasteiger partial charge in [0, 0.05) is 11.1 Å². The van der Waals surface area contributed by atoms with E-state index in [1.807, 2.05) is 63.2 Å². The number of aryl methyl sites for hydroxylation is 2. The molecule has 3 rings (SSSR count). The summed E-state index contributed by atoms with van der Waals surface area (Å²) >= 11 is 0. The average Bonchev–Trinajstić information content (AvgIpc) is 2.55. The number of aromatic nitrogens is 3. The molecule has 5 nitrogen and oxygen atoms in total. The molecule has 3 aromatic rings. The summed E-state index contributed by atoms with van der Waals surface area (Å²) in [6.07, 6.45) is 0. The van der Waals surface area contributed by atoms with Crippen LogP contribution in [0.25, 0.3) is 22.8 Å². The lowest BCUT2D eigenvalue weighted by molar-refractivity contribution is 0.340. The number of hydrogen-bond acceptors (Lipinski definition) is 5. The molecular weight excluding hydrogens is 302 g/mol. The van der Waals surface area contributed by atoms with Crippen LogP contribution in [-0.2, 0) is 0 Å². The number of ether oxygens (including phenoxy) is 1. The summed E-state index contributed by atoms with van der Waals surface area (Å²) in [5.41, 5.74) is 3.82. The molecule has 0 aliphatic heterocycles. The highest BCUT2D eigenvalue weighted by molar-refractivity contribution is 5.67. The standard InChI is InChI=1S/C19H19N3O2/c1-4-24-15-10-8-14(9-11-15)17-20-18(22-19(23)21-17)16-12(2)6-5-7-13(16)3/h5-11H,4H2,1-3H3,(H,20,21,22,23).